The van der Waals surface area contributed by atoms with Gasteiger partial charge in [0.15, 0.2) is 0 Å². The molecule has 50 valence electrons. The van der Waals surface area contributed by atoms with Crippen molar-refractivity contribution in [1.29, 1.82) is 0 Å². The number of hydrogen-bond acceptors (Lipinski definition) is 1. The van der Waals surface area contributed by atoms with E-state index < -0.39 is 0 Å². The molecule has 1 N–H and O–H groups in total. The largest absolute Gasteiger partial charge is 0.314 e. The fourth-order valence-electron chi connectivity index (χ4n) is 1.11. The molecule has 0 radical (unpaired) electrons. The third-order valence-corrected chi connectivity index (χ3v) is 1.66. The van der Waals surface area contributed by atoms with E-state index in [0.717, 1.165) is 6.04 Å². The Hall–Kier alpha value is -0.110. The van der Waals surface area contributed by atoms with E-state index in [-0.39, 0.29) is 4.70 Å². The van der Waals surface area contributed by atoms with Crippen molar-refractivity contribution < 1.29 is 4.70 Å². The van der Waals surface area contributed by atoms with Gasteiger partial charge < -0.3 is 5.32 Å². The Labute approximate surface area is 49.8 Å². The molecule has 1 aliphatic heterocycles. The van der Waals surface area contributed by atoms with Gasteiger partial charge in [0.1, 0.15) is 0 Å². The lowest BCUT2D eigenvalue weighted by atomic mass is 10.2. The molecule has 1 atom stereocenters. The molecule has 0 bridgehead atoms. The maximum absolute atomic E-state index is 3.41. The molecular weight excluding hydrogens is 105 g/mol. The lowest BCUT2D eigenvalue weighted by Gasteiger charge is -2.02. The molecule has 1 rings (SSSR count). The van der Waals surface area contributed by atoms with E-state index in [1.54, 1.807) is 0 Å². The van der Waals surface area contributed by atoms with Gasteiger partial charge in [-0.3, -0.25) is 4.70 Å². The summed E-state index contributed by atoms with van der Waals surface area (Å²) in [5.41, 5.74) is 0. The first-order valence-electron chi connectivity index (χ1n) is 3.17. The van der Waals surface area contributed by atoms with Crippen LogP contribution in [-0.2, 0) is 0 Å². The summed E-state index contributed by atoms with van der Waals surface area (Å²) in [7, 11) is 0. The SMILES string of the molecule is CCC1CCCN1.F. The lowest BCUT2D eigenvalue weighted by Crippen LogP contribution is -2.19. The van der Waals surface area contributed by atoms with Crippen LogP contribution in [0.5, 0.6) is 0 Å². The van der Waals surface area contributed by atoms with Gasteiger partial charge in [0, 0.05) is 6.04 Å². The molecular formula is C6H14FN. The Bertz CT molecular complexity index is 50.5. The first kappa shape index (κ1) is 7.89. The van der Waals surface area contributed by atoms with Crippen molar-refractivity contribution in [3.63, 3.8) is 0 Å². The molecule has 0 aliphatic carbocycles. The molecule has 2 heteroatoms. The molecule has 1 aliphatic rings. The second-order valence-electron chi connectivity index (χ2n) is 2.20. The molecule has 0 amide bonds. The van der Waals surface area contributed by atoms with Crippen LogP contribution in [0.2, 0.25) is 0 Å². The highest BCUT2D eigenvalue weighted by Gasteiger charge is 2.09. The minimum atomic E-state index is 0. The summed E-state index contributed by atoms with van der Waals surface area (Å²) in [6.07, 6.45) is 4.09. The minimum absolute atomic E-state index is 0. The molecule has 8 heavy (non-hydrogen) atoms. The van der Waals surface area contributed by atoms with Gasteiger partial charge in [-0.25, -0.2) is 0 Å². The summed E-state index contributed by atoms with van der Waals surface area (Å²) in [5.74, 6) is 0. The normalized spacial score (nSPS) is 27.4. The van der Waals surface area contributed by atoms with Gasteiger partial charge in [0.05, 0.1) is 0 Å². The zero-order valence-corrected chi connectivity index (χ0v) is 5.31. The maximum Gasteiger partial charge on any atom is 0.00649 e. The van der Waals surface area contributed by atoms with Crippen LogP contribution in [0.3, 0.4) is 0 Å². The highest BCUT2D eigenvalue weighted by molar-refractivity contribution is 4.71. The predicted molar refractivity (Wildman–Crippen MR) is 33.8 cm³/mol. The van der Waals surface area contributed by atoms with Crippen LogP contribution in [-0.4, -0.2) is 12.6 Å². The van der Waals surface area contributed by atoms with E-state index in [2.05, 4.69) is 12.2 Å². The second kappa shape index (κ2) is 3.84. The van der Waals surface area contributed by atoms with Crippen LogP contribution >= 0.6 is 0 Å². The fourth-order valence-corrected chi connectivity index (χ4v) is 1.11. The van der Waals surface area contributed by atoms with Gasteiger partial charge in [-0.1, -0.05) is 6.92 Å². The Morgan fingerprint density at radius 1 is 1.62 bits per heavy atom. The molecule has 0 spiro atoms. The van der Waals surface area contributed by atoms with Crippen LogP contribution in [0, 0.1) is 0 Å². The van der Waals surface area contributed by atoms with Gasteiger partial charge in [0.25, 0.3) is 0 Å². The Balaban J connectivity index is 0.000000490. The number of hydrogen-bond donors (Lipinski definition) is 1. The van der Waals surface area contributed by atoms with Gasteiger partial charge in [0.2, 0.25) is 0 Å². The van der Waals surface area contributed by atoms with E-state index in [9.17, 15) is 0 Å². The molecule has 0 saturated carbocycles. The topological polar surface area (TPSA) is 12.0 Å². The lowest BCUT2D eigenvalue weighted by molar-refractivity contribution is 0.587. The van der Waals surface area contributed by atoms with Crippen molar-refractivity contribution in [3.8, 4) is 0 Å². The summed E-state index contributed by atoms with van der Waals surface area (Å²) in [5, 5.41) is 3.41. The molecule has 1 heterocycles. The highest BCUT2D eigenvalue weighted by Crippen LogP contribution is 2.06. The zero-order chi connectivity index (χ0) is 5.11. The first-order valence-corrected chi connectivity index (χ1v) is 3.17. The third kappa shape index (κ3) is 1.78. The Morgan fingerprint density at radius 3 is 2.62 bits per heavy atom. The zero-order valence-electron chi connectivity index (χ0n) is 5.31. The average Bonchev–Trinajstić information content (AvgIpc) is 2.14. The summed E-state index contributed by atoms with van der Waals surface area (Å²) in [6, 6.07) is 0.847. The van der Waals surface area contributed by atoms with Gasteiger partial charge in [-0.2, -0.15) is 0 Å². The van der Waals surface area contributed by atoms with E-state index >= 15 is 0 Å². The molecule has 0 aromatic rings. The third-order valence-electron chi connectivity index (χ3n) is 1.66. The number of halogens is 1. The number of rotatable bonds is 1. The molecule has 0 aromatic carbocycles. The second-order valence-corrected chi connectivity index (χ2v) is 2.20. The Morgan fingerprint density at radius 2 is 2.38 bits per heavy atom. The van der Waals surface area contributed by atoms with Crippen LogP contribution in [0.4, 0.5) is 4.70 Å². The van der Waals surface area contributed by atoms with E-state index in [4.69, 9.17) is 0 Å². The standard InChI is InChI=1S/C6H13N.FH/c1-2-6-4-3-5-7-6;/h6-7H,2-5H2,1H3;1H. The average molecular weight is 119 g/mol. The molecule has 0 aromatic heterocycles. The first-order chi connectivity index (χ1) is 3.43. The summed E-state index contributed by atoms with van der Waals surface area (Å²) in [4.78, 5) is 0. The van der Waals surface area contributed by atoms with Crippen LogP contribution < -0.4 is 5.32 Å². The van der Waals surface area contributed by atoms with Crippen LogP contribution in [0.15, 0.2) is 0 Å². The highest BCUT2D eigenvalue weighted by atomic mass is 19.0. The van der Waals surface area contributed by atoms with Crippen molar-refractivity contribution in [2.24, 2.45) is 0 Å². The minimum Gasteiger partial charge on any atom is -0.314 e. The molecule has 1 unspecified atom stereocenters. The van der Waals surface area contributed by atoms with E-state index in [1.807, 2.05) is 0 Å². The van der Waals surface area contributed by atoms with Crippen molar-refractivity contribution in [1.82, 2.24) is 5.32 Å². The summed E-state index contributed by atoms with van der Waals surface area (Å²) >= 11 is 0. The van der Waals surface area contributed by atoms with E-state index in [0.29, 0.717) is 0 Å². The number of nitrogens with one attached hydrogen (secondary N) is 1. The van der Waals surface area contributed by atoms with Crippen LogP contribution in [0.1, 0.15) is 26.2 Å². The van der Waals surface area contributed by atoms with Gasteiger partial charge in [-0.15, -0.1) is 0 Å². The molecule has 1 saturated heterocycles. The van der Waals surface area contributed by atoms with Crippen molar-refractivity contribution in [2.75, 3.05) is 6.54 Å². The van der Waals surface area contributed by atoms with E-state index in [1.165, 1.54) is 25.8 Å². The van der Waals surface area contributed by atoms with Crippen molar-refractivity contribution in [2.45, 2.75) is 32.2 Å². The summed E-state index contributed by atoms with van der Waals surface area (Å²) < 4.78 is 0. The quantitative estimate of drug-likeness (QED) is 0.548. The molecule has 1 nitrogen and oxygen atoms in total. The predicted octanol–water partition coefficient (Wildman–Crippen LogP) is 1.30. The van der Waals surface area contributed by atoms with Crippen molar-refractivity contribution >= 4 is 0 Å². The van der Waals surface area contributed by atoms with Crippen molar-refractivity contribution in [3.05, 3.63) is 0 Å². The maximum atomic E-state index is 3.41. The smallest absolute Gasteiger partial charge is 0.00649 e. The fraction of sp³-hybridized carbons (Fsp3) is 1.00. The van der Waals surface area contributed by atoms with Gasteiger partial charge in [-0.05, 0) is 25.8 Å². The molecule has 1 fully saturated rings. The van der Waals surface area contributed by atoms with Crippen LogP contribution in [0.25, 0.3) is 0 Å². The summed E-state index contributed by atoms with van der Waals surface area (Å²) in [6.45, 7) is 3.49. The van der Waals surface area contributed by atoms with Gasteiger partial charge >= 0.3 is 0 Å². The monoisotopic (exact) mass is 119 g/mol. The Kier molecular flexibility index (Phi) is 3.79.